The monoisotopic (exact) mass is 1620 g/mol. The van der Waals surface area contributed by atoms with Crippen LogP contribution in [0.1, 0.15) is 105 Å². The van der Waals surface area contributed by atoms with Gasteiger partial charge in [0.15, 0.2) is 5.96 Å². The highest BCUT2D eigenvalue weighted by Crippen LogP contribution is 2.35. The maximum Gasteiger partial charge on any atom is 0.469 e. The summed E-state index contributed by atoms with van der Waals surface area (Å²) in [6.45, 7) is 2.82. The number of guanidine groups is 1. The van der Waals surface area contributed by atoms with Gasteiger partial charge in [-0.25, -0.2) is 9.36 Å². The van der Waals surface area contributed by atoms with Gasteiger partial charge in [-0.15, -0.1) is 0 Å². The first-order valence-corrected chi connectivity index (χ1v) is 35.7. The summed E-state index contributed by atoms with van der Waals surface area (Å²) in [5, 5.41) is 80.3. The molecule has 112 heavy (non-hydrogen) atoms. The second kappa shape index (κ2) is 49.9. The highest BCUT2D eigenvalue weighted by molar-refractivity contribution is 7.46. The van der Waals surface area contributed by atoms with Crippen molar-refractivity contribution in [2.75, 3.05) is 45.9 Å². The fraction of sp³-hybridized carbons (Fsp3) is 0.571. The molecule has 0 heterocycles. The molecule has 28 N–H and O–H groups in total. The molecule has 1 unspecified atom stereocenters. The number of aliphatic imine (C=N–C) groups is 1. The van der Waals surface area contributed by atoms with Gasteiger partial charge in [-0.05, 0) is 63.4 Å². The smallest absolute Gasteiger partial charge is 0.469 e. The zero-order valence-corrected chi connectivity index (χ0v) is 62.5. The second-order valence-electron chi connectivity index (χ2n) is 25.6. The number of phosphoric ester groups is 1. The zero-order chi connectivity index (χ0) is 85.3. The van der Waals surface area contributed by atoms with Crippen LogP contribution in [0.25, 0.3) is 0 Å². The van der Waals surface area contributed by atoms with Gasteiger partial charge in [0, 0.05) is 25.8 Å². The summed E-state index contributed by atoms with van der Waals surface area (Å²) in [5.74, 6) is -25.9. The third-order valence-electron chi connectivity index (χ3n) is 15.1. The SMILES string of the molecule is CC(C)C[C@H](NC(=O)[C@@H](Cc1ccccc1)NC(=O)[C@H](CC(=O)O)NC(=O)CNC(=O)[C@H](CCC(=O)O)NC(=O)CNC(=O)[C@H](COP(=O)(O)O)NC(=O)[C@H](CC(=O)O)NC(=O)C(C)N)C(=O)N[C@@H](C)C(=O)N[C@@H](CCC(=O)O)C(=O)NCC(=O)NCC(=O)NCC(=O)N[C@H](C(=O)N[C@@H](CCCN=C(N)N)C(=O)O)C(C)C. The number of phosphoric acid groups is 1. The molecule has 1 aromatic rings. The van der Waals surface area contributed by atoms with Gasteiger partial charge in [-0.1, -0.05) is 58.0 Å². The van der Waals surface area contributed by atoms with Gasteiger partial charge in [-0.2, -0.15) is 0 Å². The third-order valence-corrected chi connectivity index (χ3v) is 15.6. The molecular formula is C63H98N19O29P. The van der Waals surface area contributed by atoms with Crippen LogP contribution in [0.15, 0.2) is 35.3 Å². The Balaban J connectivity index is 3.23. The Bertz CT molecular complexity index is 3610. The quantitative estimate of drug-likeness (QED) is 0.0125. The van der Waals surface area contributed by atoms with E-state index < -0.39 is 282 Å². The van der Waals surface area contributed by atoms with Crippen molar-refractivity contribution in [1.29, 1.82) is 0 Å². The Morgan fingerprint density at radius 3 is 1.29 bits per heavy atom. The van der Waals surface area contributed by atoms with E-state index in [0.29, 0.717) is 5.56 Å². The summed E-state index contributed by atoms with van der Waals surface area (Å²) in [6, 6.07) is -10.6. The van der Waals surface area contributed by atoms with Crippen molar-refractivity contribution in [2.45, 2.75) is 172 Å². The lowest BCUT2D eigenvalue weighted by Gasteiger charge is -2.27. The summed E-state index contributed by atoms with van der Waals surface area (Å²) in [4.78, 5) is 280. The van der Waals surface area contributed by atoms with E-state index >= 15 is 0 Å². The highest BCUT2D eigenvalue weighted by Gasteiger charge is 2.36. The van der Waals surface area contributed by atoms with Crippen LogP contribution >= 0.6 is 7.82 Å². The van der Waals surface area contributed by atoms with Gasteiger partial charge in [0.25, 0.3) is 0 Å². The fourth-order valence-corrected chi connectivity index (χ4v) is 9.72. The molecule has 0 saturated heterocycles. The molecule has 1 rings (SSSR count). The average Bonchev–Trinajstić information content (AvgIpc) is 0.858. The van der Waals surface area contributed by atoms with Gasteiger partial charge in [0.1, 0.15) is 60.4 Å². The molecular weight excluding hydrogens is 1520 g/mol. The molecule has 0 fully saturated rings. The predicted octanol–water partition coefficient (Wildman–Crippen LogP) is -10.3. The molecule has 0 spiro atoms. The van der Waals surface area contributed by atoms with E-state index in [1.165, 1.54) is 19.1 Å². The van der Waals surface area contributed by atoms with Crippen molar-refractivity contribution in [1.82, 2.24) is 79.8 Å². The van der Waals surface area contributed by atoms with E-state index in [0.717, 1.165) is 6.92 Å². The number of hydrogen-bond donors (Lipinski definition) is 25. The van der Waals surface area contributed by atoms with Gasteiger partial charge in [0.2, 0.25) is 88.6 Å². The van der Waals surface area contributed by atoms with Crippen LogP contribution in [-0.4, -0.2) is 272 Å². The van der Waals surface area contributed by atoms with Crippen LogP contribution in [0.3, 0.4) is 0 Å². The number of amides is 15. The number of hydrogen-bond acceptors (Lipinski definition) is 24. The number of carbonyl (C=O) groups is 20. The zero-order valence-electron chi connectivity index (χ0n) is 61.7. The van der Waals surface area contributed by atoms with Gasteiger partial charge in [-0.3, -0.25) is 101 Å². The average molecular weight is 1620 g/mol. The van der Waals surface area contributed by atoms with E-state index in [1.54, 1.807) is 45.9 Å². The fourth-order valence-electron chi connectivity index (χ4n) is 9.38. The summed E-state index contributed by atoms with van der Waals surface area (Å²) in [5.41, 5.74) is 16.4. The molecule has 0 aromatic heterocycles. The van der Waals surface area contributed by atoms with E-state index in [4.69, 9.17) is 17.2 Å². The van der Waals surface area contributed by atoms with Crippen LogP contribution in [0.5, 0.6) is 0 Å². The third kappa shape index (κ3) is 42.1. The van der Waals surface area contributed by atoms with E-state index in [-0.39, 0.29) is 38.2 Å². The summed E-state index contributed by atoms with van der Waals surface area (Å²) in [6.07, 6.45) is -5.54. The van der Waals surface area contributed by atoms with E-state index in [1.807, 2.05) is 21.3 Å². The molecule has 624 valence electrons. The first-order valence-electron chi connectivity index (χ1n) is 34.2. The van der Waals surface area contributed by atoms with Crippen molar-refractivity contribution in [3.63, 3.8) is 0 Å². The molecule has 0 aliphatic rings. The lowest BCUT2D eigenvalue weighted by molar-refractivity contribution is -0.143. The second-order valence-corrected chi connectivity index (χ2v) is 26.8. The molecule has 0 bridgehead atoms. The Labute approximate surface area is 638 Å². The molecule has 0 radical (unpaired) electrons. The largest absolute Gasteiger partial charge is 0.481 e. The molecule has 48 nitrogen and oxygen atoms in total. The minimum atomic E-state index is -5.40. The van der Waals surface area contributed by atoms with Crippen molar-refractivity contribution < 1.29 is 140 Å². The first kappa shape index (κ1) is 98.0. The number of carbonyl (C=O) groups excluding carboxylic acids is 15. The highest BCUT2D eigenvalue weighted by atomic mass is 31.2. The number of carboxylic acids is 5. The van der Waals surface area contributed by atoms with Crippen LogP contribution in [-0.2, 0) is 111 Å². The number of aliphatic carboxylic acids is 5. The van der Waals surface area contributed by atoms with Crippen molar-refractivity contribution in [3.05, 3.63) is 35.9 Å². The standard InChI is InChI=1S/C63H98N19O29P/c1-29(2)19-37(57(101)73-32(6)53(97)76-35(15-17-48(90)91)55(99)70-24-43(84)68-23-42(83)69-25-46(87)82-51(30(3)4)61(105)77-36(62(106)107)13-10-18-67-63(65)66)79-58(102)38(20-33-11-8-7-9-12-33)80-59(103)39(21-49(92)93)75-45(86)27-71-54(98)34(14-16-47(88)89)74-44(85)26-72-56(100)41(28-111-112(108,109)110)81-60(104)40(22-50(94)95)78-52(96)31(5)64/h7-9,11-12,29-32,34-41,51H,10,13-28,64H2,1-6H3,(H,68,84)(H,69,83)(H,70,99)(H,71,98)(H,72,100)(H,73,101)(H,74,85)(H,75,86)(H,76,97)(H,77,105)(H,78,96)(H,79,102)(H,80,103)(H,81,104)(H,82,87)(H,88,89)(H,90,91)(H,92,93)(H,94,95)(H,106,107)(H4,65,66,67)(H2,108,109,110)/t31?,32-,34-,35-,36-,37-,38+,39-,40-,41-,51-/m0/s1. The van der Waals surface area contributed by atoms with Crippen LogP contribution < -0.4 is 97.0 Å². The maximum absolute atomic E-state index is 14.3. The molecule has 1 aromatic carbocycles. The predicted molar refractivity (Wildman–Crippen MR) is 382 cm³/mol. The molecule has 0 aliphatic heterocycles. The number of benzene rings is 1. The topological polar surface area (TPSA) is 780 Å². The summed E-state index contributed by atoms with van der Waals surface area (Å²) in [7, 11) is -5.40. The van der Waals surface area contributed by atoms with E-state index in [9.17, 15) is 136 Å². The molecule has 49 heteroatoms. The van der Waals surface area contributed by atoms with Gasteiger partial charge >= 0.3 is 37.7 Å². The van der Waals surface area contributed by atoms with Crippen LogP contribution in [0.4, 0.5) is 0 Å². The Morgan fingerprint density at radius 2 is 0.830 bits per heavy atom. The number of nitrogens with zero attached hydrogens (tertiary/aromatic N) is 1. The lowest BCUT2D eigenvalue weighted by atomic mass is 10.0. The Morgan fingerprint density at radius 1 is 0.429 bits per heavy atom. The molecule has 15 amide bonds. The van der Waals surface area contributed by atoms with Gasteiger partial charge < -0.3 is 132 Å². The maximum atomic E-state index is 14.3. The number of nitrogens with two attached hydrogens (primary N) is 3. The minimum Gasteiger partial charge on any atom is -0.481 e. The normalized spacial score (nSPS) is 13.9. The molecule has 0 saturated carbocycles. The number of nitrogens with one attached hydrogen (secondary N) is 15. The molecule has 0 aliphatic carbocycles. The molecule has 11 atom stereocenters. The number of rotatable bonds is 53. The van der Waals surface area contributed by atoms with E-state index in [2.05, 4.69) is 68.0 Å². The Kier molecular flexibility index (Phi) is 43.6. The summed E-state index contributed by atoms with van der Waals surface area (Å²) >= 11 is 0. The van der Waals surface area contributed by atoms with Crippen LogP contribution in [0.2, 0.25) is 0 Å². The van der Waals surface area contributed by atoms with Crippen molar-refractivity contribution in [3.8, 4) is 0 Å². The van der Waals surface area contributed by atoms with Crippen molar-refractivity contribution in [2.24, 2.45) is 34.0 Å². The van der Waals surface area contributed by atoms with Crippen LogP contribution in [0, 0.1) is 11.8 Å². The minimum absolute atomic E-state index is 0.0613. The summed E-state index contributed by atoms with van der Waals surface area (Å²) < 4.78 is 15.8. The Hall–Kier alpha value is -12.0. The van der Waals surface area contributed by atoms with Crippen molar-refractivity contribution >= 4 is 132 Å². The van der Waals surface area contributed by atoms with Gasteiger partial charge in [0.05, 0.1) is 58.2 Å². The first-order chi connectivity index (χ1) is 52.2. The number of carboxylic acid groups (broad SMARTS) is 5. The lowest BCUT2D eigenvalue weighted by Crippen LogP contribution is -2.59.